The third kappa shape index (κ3) is 1.46. The molecule has 0 aliphatic heterocycles. The van der Waals surface area contributed by atoms with Crippen LogP contribution in [-0.2, 0) is 0 Å². The molecule has 0 saturated carbocycles. The van der Waals surface area contributed by atoms with E-state index in [0.717, 1.165) is 26.5 Å². The topological polar surface area (TPSA) is 17.1 Å². The van der Waals surface area contributed by atoms with Gasteiger partial charge < -0.3 is 0 Å². The lowest BCUT2D eigenvalue weighted by molar-refractivity contribution is 0.112. The Kier molecular flexibility index (Phi) is 2.31. The van der Waals surface area contributed by atoms with E-state index >= 15 is 0 Å². The van der Waals surface area contributed by atoms with Crippen molar-refractivity contribution in [2.45, 2.75) is 0 Å². The maximum atomic E-state index is 10.7. The maximum Gasteiger partial charge on any atom is 0.150 e. The molecule has 0 unspecified atom stereocenters. The van der Waals surface area contributed by atoms with Crippen LogP contribution in [0.5, 0.6) is 0 Å². The van der Waals surface area contributed by atoms with Crippen molar-refractivity contribution in [2.24, 2.45) is 0 Å². The average Bonchev–Trinajstić information content (AvgIpc) is 2.38. The van der Waals surface area contributed by atoms with Crippen LogP contribution >= 0.6 is 22.6 Å². The minimum Gasteiger partial charge on any atom is -0.298 e. The zero-order chi connectivity index (χ0) is 9.26. The van der Waals surface area contributed by atoms with Gasteiger partial charge in [0.15, 0.2) is 6.29 Å². The Bertz CT molecular complexity index is 423. The average molecular weight is 282 g/mol. The Morgan fingerprint density at radius 3 is 2.46 bits per heavy atom. The Hall–Kier alpha value is -0.900. The molecule has 0 heterocycles. The molecular weight excluding hydrogens is 275 g/mol. The molecule has 0 aromatic carbocycles. The van der Waals surface area contributed by atoms with Gasteiger partial charge in [-0.05, 0) is 39.8 Å². The van der Waals surface area contributed by atoms with Crippen molar-refractivity contribution in [3.05, 3.63) is 45.5 Å². The first-order chi connectivity index (χ1) is 6.33. The highest BCUT2D eigenvalue weighted by Crippen LogP contribution is 2.31. The summed E-state index contributed by atoms with van der Waals surface area (Å²) in [7, 11) is 0. The second kappa shape index (κ2) is 3.46. The standard InChI is InChI=1S/C11H7IO/c12-11-6-8(7-13)9-4-2-1-3-5-10(9)11/h1-7H. The van der Waals surface area contributed by atoms with E-state index in [9.17, 15) is 4.79 Å². The molecule has 2 aliphatic rings. The Morgan fingerprint density at radius 2 is 1.77 bits per heavy atom. The smallest absolute Gasteiger partial charge is 0.150 e. The van der Waals surface area contributed by atoms with Crippen LogP contribution in [0.4, 0.5) is 0 Å². The van der Waals surface area contributed by atoms with Crippen LogP contribution in [0.2, 0.25) is 0 Å². The van der Waals surface area contributed by atoms with Gasteiger partial charge in [-0.1, -0.05) is 30.3 Å². The zero-order valence-electron chi connectivity index (χ0n) is 6.83. The van der Waals surface area contributed by atoms with Crippen molar-refractivity contribution < 1.29 is 4.79 Å². The lowest BCUT2D eigenvalue weighted by Gasteiger charge is -1.92. The minimum atomic E-state index is 0.774. The molecule has 2 heteroatoms. The van der Waals surface area contributed by atoms with Crippen LogP contribution in [0, 0.1) is 3.57 Å². The number of carbonyl (C=O) groups is 1. The molecule has 0 aromatic heterocycles. The van der Waals surface area contributed by atoms with Gasteiger partial charge in [-0.2, -0.15) is 0 Å². The molecule has 0 bridgehead atoms. The van der Waals surface area contributed by atoms with Crippen LogP contribution in [-0.4, -0.2) is 6.29 Å². The van der Waals surface area contributed by atoms with Gasteiger partial charge >= 0.3 is 0 Å². The second-order valence-electron chi connectivity index (χ2n) is 2.80. The largest absolute Gasteiger partial charge is 0.298 e. The first-order valence-electron chi connectivity index (χ1n) is 3.95. The Morgan fingerprint density at radius 1 is 1.08 bits per heavy atom. The highest BCUT2D eigenvalue weighted by atomic mass is 127. The minimum absolute atomic E-state index is 0.774. The van der Waals surface area contributed by atoms with Crippen LogP contribution in [0.1, 0.15) is 10.4 Å². The third-order valence-electron chi connectivity index (χ3n) is 2.02. The van der Waals surface area contributed by atoms with E-state index in [-0.39, 0.29) is 0 Å². The molecule has 0 N–H and O–H groups in total. The van der Waals surface area contributed by atoms with E-state index in [0.29, 0.717) is 0 Å². The van der Waals surface area contributed by atoms with Crippen LogP contribution in [0.15, 0.2) is 36.4 Å². The summed E-state index contributed by atoms with van der Waals surface area (Å²) in [4.78, 5) is 10.7. The fraction of sp³-hybridized carbons (Fsp3) is 0. The van der Waals surface area contributed by atoms with Crippen molar-refractivity contribution in [1.29, 1.82) is 0 Å². The molecule has 2 aliphatic carbocycles. The highest BCUT2D eigenvalue weighted by molar-refractivity contribution is 14.1. The van der Waals surface area contributed by atoms with Gasteiger partial charge in [0.25, 0.3) is 0 Å². The molecule has 0 fully saturated rings. The molecule has 0 amide bonds. The number of hydrogen-bond donors (Lipinski definition) is 0. The van der Waals surface area contributed by atoms with Gasteiger partial charge in [-0.3, -0.25) is 4.79 Å². The summed E-state index contributed by atoms with van der Waals surface area (Å²) in [6.45, 7) is 0. The molecule has 2 rings (SSSR count). The molecular formula is C11H7IO. The van der Waals surface area contributed by atoms with Gasteiger partial charge in [0, 0.05) is 9.13 Å². The van der Waals surface area contributed by atoms with E-state index in [1.165, 1.54) is 0 Å². The summed E-state index contributed by atoms with van der Waals surface area (Å²) >= 11 is 2.25. The fourth-order valence-electron chi connectivity index (χ4n) is 1.40. The Labute approximate surface area is 90.3 Å². The molecule has 0 saturated heterocycles. The molecule has 0 aromatic rings. The van der Waals surface area contributed by atoms with Crippen LogP contribution in [0.25, 0.3) is 11.1 Å². The van der Waals surface area contributed by atoms with Crippen LogP contribution in [0.3, 0.4) is 0 Å². The predicted octanol–water partition coefficient (Wildman–Crippen LogP) is 3.21. The van der Waals surface area contributed by atoms with E-state index < -0.39 is 0 Å². The zero-order valence-corrected chi connectivity index (χ0v) is 8.99. The number of halogens is 1. The second-order valence-corrected chi connectivity index (χ2v) is 3.97. The normalized spacial score (nSPS) is 10.2. The summed E-state index contributed by atoms with van der Waals surface area (Å²) in [6, 6.07) is 11.8. The van der Waals surface area contributed by atoms with Crippen molar-refractivity contribution in [1.82, 2.24) is 0 Å². The number of hydrogen-bond acceptors (Lipinski definition) is 1. The summed E-state index contributed by atoms with van der Waals surface area (Å²) in [5, 5.41) is 0. The van der Waals surface area contributed by atoms with Crippen molar-refractivity contribution >= 4 is 28.9 Å². The lowest BCUT2D eigenvalue weighted by Crippen LogP contribution is -1.75. The summed E-state index contributed by atoms with van der Waals surface area (Å²) < 4.78 is 1.13. The SMILES string of the molecule is O=Cc1cc(I)c2cccccc1-2. The van der Waals surface area contributed by atoms with E-state index in [1.54, 1.807) is 0 Å². The first-order valence-corrected chi connectivity index (χ1v) is 5.03. The third-order valence-corrected chi connectivity index (χ3v) is 2.91. The Balaban J connectivity index is 2.78. The number of carbonyl (C=O) groups excluding carboxylic acids is 1. The maximum absolute atomic E-state index is 10.7. The fourth-order valence-corrected chi connectivity index (χ4v) is 2.20. The van der Waals surface area contributed by atoms with Gasteiger partial charge in [-0.25, -0.2) is 0 Å². The molecule has 64 valence electrons. The van der Waals surface area contributed by atoms with Crippen molar-refractivity contribution in [3.63, 3.8) is 0 Å². The van der Waals surface area contributed by atoms with Crippen molar-refractivity contribution in [2.75, 3.05) is 0 Å². The molecule has 1 nitrogen and oxygen atoms in total. The van der Waals surface area contributed by atoms with E-state index in [2.05, 4.69) is 22.6 Å². The summed E-state index contributed by atoms with van der Waals surface area (Å²) in [6.07, 6.45) is 0.907. The monoisotopic (exact) mass is 282 g/mol. The van der Waals surface area contributed by atoms with E-state index in [1.807, 2.05) is 36.4 Å². The lowest BCUT2D eigenvalue weighted by atomic mass is 10.1. The van der Waals surface area contributed by atoms with Gasteiger partial charge in [0.05, 0.1) is 0 Å². The highest BCUT2D eigenvalue weighted by Gasteiger charge is 2.11. The first kappa shape index (κ1) is 8.69. The predicted molar refractivity (Wildman–Crippen MR) is 61.2 cm³/mol. The summed E-state index contributed by atoms with van der Waals surface area (Å²) in [5.74, 6) is 0. The van der Waals surface area contributed by atoms with Gasteiger partial charge in [0.1, 0.15) is 0 Å². The van der Waals surface area contributed by atoms with Crippen molar-refractivity contribution in [3.8, 4) is 11.1 Å². The molecule has 0 atom stereocenters. The number of fused-ring (bicyclic) bond motifs is 1. The quantitative estimate of drug-likeness (QED) is 0.580. The summed E-state index contributed by atoms with van der Waals surface area (Å²) in [5.41, 5.74) is 2.95. The molecule has 0 spiro atoms. The number of rotatable bonds is 1. The van der Waals surface area contributed by atoms with Gasteiger partial charge in [-0.15, -0.1) is 0 Å². The number of aldehydes is 1. The van der Waals surface area contributed by atoms with Gasteiger partial charge in [0.2, 0.25) is 0 Å². The molecule has 0 radical (unpaired) electrons. The van der Waals surface area contributed by atoms with E-state index in [4.69, 9.17) is 0 Å². The van der Waals surface area contributed by atoms with Crippen LogP contribution < -0.4 is 0 Å². The molecule has 13 heavy (non-hydrogen) atoms.